The van der Waals surface area contributed by atoms with Crippen LogP contribution < -0.4 is 14.4 Å². The van der Waals surface area contributed by atoms with E-state index in [2.05, 4.69) is 12.1 Å². The maximum absolute atomic E-state index is 11.5. The molecule has 1 aliphatic heterocycles. The van der Waals surface area contributed by atoms with Crippen LogP contribution in [-0.2, 0) is 4.79 Å². The van der Waals surface area contributed by atoms with Crippen LogP contribution in [0.5, 0.6) is 11.5 Å². The normalized spacial score (nSPS) is 16.6. The molecule has 1 heterocycles. The van der Waals surface area contributed by atoms with Crippen molar-refractivity contribution in [3.8, 4) is 11.5 Å². The highest BCUT2D eigenvalue weighted by atomic mass is 32.2. The molecule has 0 aliphatic carbocycles. The zero-order chi connectivity index (χ0) is 16.2. The van der Waals surface area contributed by atoms with Crippen LogP contribution in [0.25, 0.3) is 0 Å². The third-order valence-corrected chi connectivity index (χ3v) is 5.27. The van der Waals surface area contributed by atoms with E-state index in [0.29, 0.717) is 12.3 Å². The monoisotopic (exact) mass is 329 g/mol. The Morgan fingerprint density at radius 3 is 2.43 bits per heavy atom. The van der Waals surface area contributed by atoms with Crippen molar-refractivity contribution >= 4 is 23.9 Å². The van der Waals surface area contributed by atoms with Gasteiger partial charge in [-0.25, -0.2) is 0 Å². The van der Waals surface area contributed by atoms with Crippen molar-refractivity contribution in [2.24, 2.45) is 0 Å². The molecule has 0 bridgehead atoms. The molecule has 0 aromatic heterocycles. The van der Waals surface area contributed by atoms with Gasteiger partial charge in [-0.2, -0.15) is 0 Å². The second kappa shape index (κ2) is 6.96. The van der Waals surface area contributed by atoms with Crippen LogP contribution >= 0.6 is 11.8 Å². The van der Waals surface area contributed by atoms with E-state index in [-0.39, 0.29) is 5.25 Å². The van der Waals surface area contributed by atoms with Crippen molar-refractivity contribution < 1.29 is 14.3 Å². The minimum absolute atomic E-state index is 0.216. The number of benzene rings is 2. The number of rotatable bonds is 5. The lowest BCUT2D eigenvalue weighted by Gasteiger charge is -2.34. The lowest BCUT2D eigenvalue weighted by molar-refractivity contribution is -0.107. The Kier molecular flexibility index (Phi) is 4.76. The molecule has 1 atom stereocenters. The first-order valence-corrected chi connectivity index (χ1v) is 8.35. The van der Waals surface area contributed by atoms with E-state index in [1.54, 1.807) is 30.9 Å². The second-order valence-electron chi connectivity index (χ2n) is 5.24. The maximum atomic E-state index is 11.5. The van der Waals surface area contributed by atoms with Gasteiger partial charge in [-0.3, -0.25) is 4.79 Å². The third kappa shape index (κ3) is 3.01. The lowest BCUT2D eigenvalue weighted by Crippen LogP contribution is -2.30. The fourth-order valence-electron chi connectivity index (χ4n) is 2.92. The summed E-state index contributed by atoms with van der Waals surface area (Å²) in [5.74, 6) is 1.49. The summed E-state index contributed by atoms with van der Waals surface area (Å²) >= 11 is 1.79. The van der Waals surface area contributed by atoms with Gasteiger partial charge in [0.1, 0.15) is 11.5 Å². The lowest BCUT2D eigenvalue weighted by atomic mass is 9.99. The summed E-state index contributed by atoms with van der Waals surface area (Å²) in [5.41, 5.74) is 1.85. The van der Waals surface area contributed by atoms with Gasteiger partial charge in [0, 0.05) is 22.3 Å². The molecule has 1 amide bonds. The van der Waals surface area contributed by atoms with Gasteiger partial charge in [0.25, 0.3) is 0 Å². The number of thioether (sulfide) groups is 1. The molecule has 1 aliphatic rings. The Hall–Kier alpha value is -2.14. The second-order valence-corrected chi connectivity index (χ2v) is 6.52. The van der Waals surface area contributed by atoms with E-state index in [0.717, 1.165) is 29.8 Å². The quantitative estimate of drug-likeness (QED) is 0.780. The first-order chi connectivity index (χ1) is 11.3. The van der Waals surface area contributed by atoms with Crippen LogP contribution in [0, 0.1) is 0 Å². The number of nitrogens with zero attached hydrogens (tertiary/aromatic N) is 1. The van der Waals surface area contributed by atoms with Gasteiger partial charge in [-0.05, 0) is 30.7 Å². The molecule has 23 heavy (non-hydrogen) atoms. The van der Waals surface area contributed by atoms with Crippen LogP contribution in [0.4, 0.5) is 5.69 Å². The first-order valence-electron chi connectivity index (χ1n) is 7.47. The Balaban J connectivity index is 2.07. The van der Waals surface area contributed by atoms with Crippen molar-refractivity contribution in [3.63, 3.8) is 0 Å². The van der Waals surface area contributed by atoms with Crippen LogP contribution in [0.15, 0.2) is 47.4 Å². The highest BCUT2D eigenvalue weighted by Gasteiger charge is 2.31. The van der Waals surface area contributed by atoms with E-state index < -0.39 is 0 Å². The summed E-state index contributed by atoms with van der Waals surface area (Å²) in [7, 11) is 3.28. The van der Waals surface area contributed by atoms with Crippen molar-refractivity contribution in [2.45, 2.75) is 16.6 Å². The molecule has 2 aromatic carbocycles. The molecule has 0 saturated heterocycles. The zero-order valence-electron chi connectivity index (χ0n) is 13.2. The molecule has 4 nitrogen and oxygen atoms in total. The Morgan fingerprint density at radius 1 is 1.09 bits per heavy atom. The largest absolute Gasteiger partial charge is 0.496 e. The minimum atomic E-state index is 0.216. The molecule has 3 rings (SSSR count). The van der Waals surface area contributed by atoms with Crippen molar-refractivity contribution in [2.75, 3.05) is 25.7 Å². The van der Waals surface area contributed by atoms with Crippen LogP contribution in [0.2, 0.25) is 0 Å². The van der Waals surface area contributed by atoms with Gasteiger partial charge >= 0.3 is 0 Å². The fourth-order valence-corrected chi connectivity index (χ4v) is 4.13. The predicted octanol–water partition coefficient (Wildman–Crippen LogP) is 3.90. The predicted molar refractivity (Wildman–Crippen MR) is 92.6 cm³/mol. The van der Waals surface area contributed by atoms with Crippen molar-refractivity contribution in [1.82, 2.24) is 0 Å². The summed E-state index contributed by atoms with van der Waals surface area (Å²) in [6.45, 7) is 0.671. The fraction of sp³-hybridized carbons (Fsp3) is 0.278. The zero-order valence-corrected chi connectivity index (χ0v) is 14.0. The topological polar surface area (TPSA) is 38.8 Å². The smallest absolute Gasteiger partial charge is 0.214 e. The third-order valence-electron chi connectivity index (χ3n) is 3.97. The number of ether oxygens (including phenoxy) is 2. The molecular weight excluding hydrogens is 310 g/mol. The molecule has 1 unspecified atom stereocenters. The van der Waals surface area contributed by atoms with E-state index in [1.165, 1.54) is 4.90 Å². The van der Waals surface area contributed by atoms with Gasteiger partial charge in [-0.1, -0.05) is 18.2 Å². The Bertz CT molecular complexity index is 690. The van der Waals surface area contributed by atoms with E-state index in [1.807, 2.05) is 30.3 Å². The van der Waals surface area contributed by atoms with Crippen molar-refractivity contribution in [1.29, 1.82) is 0 Å². The summed E-state index contributed by atoms with van der Waals surface area (Å²) in [5, 5.41) is 0.216. The number of methoxy groups -OCH3 is 2. The number of amides is 1. The number of fused-ring (bicyclic) bond motifs is 1. The average Bonchev–Trinajstić information content (AvgIpc) is 2.61. The SMILES string of the molecule is COc1ccc(OC)c2c1C(Sc1ccccc1)CCN2C=O. The Morgan fingerprint density at radius 2 is 1.78 bits per heavy atom. The summed E-state index contributed by atoms with van der Waals surface area (Å²) in [6, 6.07) is 14.0. The molecule has 5 heteroatoms. The number of anilines is 1. The minimum Gasteiger partial charge on any atom is -0.496 e. The van der Waals surface area contributed by atoms with Gasteiger partial charge in [0.15, 0.2) is 0 Å². The molecule has 0 saturated carbocycles. The number of hydrogen-bond donors (Lipinski definition) is 0. The summed E-state index contributed by atoms with van der Waals surface area (Å²) < 4.78 is 11.0. The first kappa shape index (κ1) is 15.7. The molecular formula is C18H19NO3S. The highest BCUT2D eigenvalue weighted by molar-refractivity contribution is 7.99. The average molecular weight is 329 g/mol. The van der Waals surface area contributed by atoms with E-state index in [4.69, 9.17) is 9.47 Å². The van der Waals surface area contributed by atoms with Crippen LogP contribution in [-0.4, -0.2) is 27.2 Å². The maximum Gasteiger partial charge on any atom is 0.214 e. The van der Waals surface area contributed by atoms with Gasteiger partial charge in [0.05, 0.1) is 19.9 Å². The molecule has 0 N–H and O–H groups in total. The standard InChI is InChI=1S/C18H19NO3S/c1-21-14-8-9-15(22-2)18-17(14)16(10-11-19(18)12-20)23-13-6-4-3-5-7-13/h3-9,12,16H,10-11H2,1-2H3. The number of hydrogen-bond acceptors (Lipinski definition) is 4. The molecule has 2 aromatic rings. The van der Waals surface area contributed by atoms with Gasteiger partial charge in [0.2, 0.25) is 6.41 Å². The summed E-state index contributed by atoms with van der Waals surface area (Å²) in [6.07, 6.45) is 1.74. The van der Waals surface area contributed by atoms with E-state index in [9.17, 15) is 4.79 Å². The number of carbonyl (C=O) groups is 1. The van der Waals surface area contributed by atoms with Crippen LogP contribution in [0.1, 0.15) is 17.2 Å². The molecule has 0 radical (unpaired) electrons. The molecule has 0 fully saturated rings. The van der Waals surface area contributed by atoms with Gasteiger partial charge < -0.3 is 14.4 Å². The molecule has 120 valence electrons. The van der Waals surface area contributed by atoms with Gasteiger partial charge in [-0.15, -0.1) is 11.8 Å². The summed E-state index contributed by atoms with van der Waals surface area (Å²) in [4.78, 5) is 14.4. The highest BCUT2D eigenvalue weighted by Crippen LogP contribution is 2.51. The number of carbonyl (C=O) groups excluding carboxylic acids is 1. The molecule has 0 spiro atoms. The Labute approximate surface area is 140 Å². The van der Waals surface area contributed by atoms with Crippen LogP contribution in [0.3, 0.4) is 0 Å². The van der Waals surface area contributed by atoms with E-state index >= 15 is 0 Å². The van der Waals surface area contributed by atoms with Crippen molar-refractivity contribution in [3.05, 3.63) is 48.0 Å².